The molecule has 0 saturated carbocycles. The zero-order chi connectivity index (χ0) is 17.1. The van der Waals surface area contributed by atoms with E-state index >= 15 is 0 Å². The van der Waals surface area contributed by atoms with Gasteiger partial charge in [0.25, 0.3) is 5.91 Å². The van der Waals surface area contributed by atoms with Gasteiger partial charge in [0.15, 0.2) is 5.76 Å². The van der Waals surface area contributed by atoms with E-state index in [9.17, 15) is 4.79 Å². The first-order valence-corrected chi connectivity index (χ1v) is 8.16. The molecule has 3 aromatic rings. The van der Waals surface area contributed by atoms with Crippen molar-refractivity contribution in [3.05, 3.63) is 66.6 Å². The number of nitrogens with zero attached hydrogens (tertiary/aromatic N) is 4. The van der Waals surface area contributed by atoms with Crippen LogP contribution in [-0.2, 0) is 13.1 Å². The molecule has 1 aliphatic heterocycles. The molecule has 7 heteroatoms. The van der Waals surface area contributed by atoms with Crippen molar-refractivity contribution >= 4 is 5.91 Å². The second kappa shape index (κ2) is 6.80. The van der Waals surface area contributed by atoms with Crippen LogP contribution in [0.25, 0.3) is 0 Å². The van der Waals surface area contributed by atoms with Gasteiger partial charge in [0, 0.05) is 31.4 Å². The first-order chi connectivity index (χ1) is 12.3. The molecule has 4 heterocycles. The van der Waals surface area contributed by atoms with E-state index in [4.69, 9.17) is 9.15 Å². The Morgan fingerprint density at radius 3 is 3.00 bits per heavy atom. The van der Waals surface area contributed by atoms with Gasteiger partial charge in [-0.3, -0.25) is 14.5 Å². The summed E-state index contributed by atoms with van der Waals surface area (Å²) in [4.78, 5) is 18.6. The maximum atomic E-state index is 12.7. The zero-order valence-corrected chi connectivity index (χ0v) is 13.6. The summed E-state index contributed by atoms with van der Waals surface area (Å²) in [6.45, 7) is 2.25. The topological polar surface area (TPSA) is 73.4 Å². The lowest BCUT2D eigenvalue weighted by Crippen LogP contribution is -2.35. The average molecular weight is 338 g/mol. The Morgan fingerprint density at radius 1 is 1.24 bits per heavy atom. The van der Waals surface area contributed by atoms with Crippen molar-refractivity contribution in [2.75, 3.05) is 13.2 Å². The molecule has 0 saturated heterocycles. The van der Waals surface area contributed by atoms with Gasteiger partial charge in [-0.05, 0) is 30.3 Å². The number of fused-ring (bicyclic) bond motifs is 1. The minimum Gasteiger partial charge on any atom is -0.492 e. The summed E-state index contributed by atoms with van der Waals surface area (Å²) in [6, 6.07) is 9.05. The molecular formula is C18H18N4O3. The quantitative estimate of drug-likeness (QED) is 0.729. The molecule has 128 valence electrons. The summed E-state index contributed by atoms with van der Waals surface area (Å²) in [5, 5.41) is 4.37. The summed E-state index contributed by atoms with van der Waals surface area (Å²) >= 11 is 0. The summed E-state index contributed by atoms with van der Waals surface area (Å²) in [6.07, 6.45) is 6.66. The number of hydrogen-bond donors (Lipinski definition) is 0. The Hall–Kier alpha value is -3.09. The van der Waals surface area contributed by atoms with Gasteiger partial charge in [-0.2, -0.15) is 5.10 Å². The number of rotatable bonds is 4. The molecular weight excluding hydrogens is 320 g/mol. The standard InChI is InChI=1S/C18H18N4O3/c23-18(17-4-2-8-24-17)21-10-14(11-22-15(12-21)5-7-20-22)13-25-16-3-1-6-19-9-16/h1-9,14H,10-13H2/t14-/m1/s1. The molecule has 0 fully saturated rings. The fraction of sp³-hybridized carbons (Fsp3) is 0.278. The number of carbonyl (C=O) groups is 1. The van der Waals surface area contributed by atoms with E-state index < -0.39 is 0 Å². The van der Waals surface area contributed by atoms with Gasteiger partial charge in [0.1, 0.15) is 5.75 Å². The monoisotopic (exact) mass is 338 g/mol. The van der Waals surface area contributed by atoms with Crippen LogP contribution in [-0.4, -0.2) is 38.7 Å². The van der Waals surface area contributed by atoms with Crippen molar-refractivity contribution in [1.29, 1.82) is 0 Å². The van der Waals surface area contributed by atoms with Crippen LogP contribution in [0.4, 0.5) is 0 Å². The summed E-state index contributed by atoms with van der Waals surface area (Å²) in [7, 11) is 0. The van der Waals surface area contributed by atoms with Gasteiger partial charge in [-0.25, -0.2) is 0 Å². The first kappa shape index (κ1) is 15.4. The van der Waals surface area contributed by atoms with Gasteiger partial charge >= 0.3 is 0 Å². The smallest absolute Gasteiger partial charge is 0.289 e. The number of furan rings is 1. The Labute approximate surface area is 144 Å². The van der Waals surface area contributed by atoms with Crippen LogP contribution in [0.5, 0.6) is 5.75 Å². The van der Waals surface area contributed by atoms with Crippen LogP contribution in [0, 0.1) is 5.92 Å². The number of pyridine rings is 1. The van der Waals surface area contributed by atoms with Crippen LogP contribution in [0.2, 0.25) is 0 Å². The van der Waals surface area contributed by atoms with Crippen LogP contribution in [0.1, 0.15) is 16.2 Å². The molecule has 0 unspecified atom stereocenters. The summed E-state index contributed by atoms with van der Waals surface area (Å²) in [5.74, 6) is 1.06. The molecule has 3 aromatic heterocycles. The first-order valence-electron chi connectivity index (χ1n) is 8.16. The van der Waals surface area contributed by atoms with Crippen LogP contribution in [0.15, 0.2) is 59.6 Å². The Morgan fingerprint density at radius 2 is 2.20 bits per heavy atom. The molecule has 0 spiro atoms. The van der Waals surface area contributed by atoms with Crippen molar-refractivity contribution in [3.63, 3.8) is 0 Å². The minimum absolute atomic E-state index is 0.111. The third kappa shape index (κ3) is 3.40. The second-order valence-corrected chi connectivity index (χ2v) is 6.03. The lowest BCUT2D eigenvalue weighted by atomic mass is 10.1. The Kier molecular flexibility index (Phi) is 4.20. The normalized spacial score (nSPS) is 17.0. The number of carbonyl (C=O) groups excluding carboxylic acids is 1. The number of ether oxygens (including phenoxy) is 1. The fourth-order valence-electron chi connectivity index (χ4n) is 3.00. The highest BCUT2D eigenvalue weighted by Gasteiger charge is 2.27. The van der Waals surface area contributed by atoms with Crippen molar-refractivity contribution in [3.8, 4) is 5.75 Å². The lowest BCUT2D eigenvalue weighted by Gasteiger charge is -2.23. The van der Waals surface area contributed by atoms with Crippen molar-refractivity contribution in [2.45, 2.75) is 13.1 Å². The third-order valence-corrected chi connectivity index (χ3v) is 4.21. The van der Waals surface area contributed by atoms with Gasteiger partial charge < -0.3 is 14.1 Å². The van der Waals surface area contributed by atoms with Gasteiger partial charge in [-0.15, -0.1) is 0 Å². The Balaban J connectivity index is 1.52. The molecule has 7 nitrogen and oxygen atoms in total. The summed E-state index contributed by atoms with van der Waals surface area (Å²) < 4.78 is 13.1. The molecule has 1 aliphatic rings. The molecule has 0 bridgehead atoms. The highest BCUT2D eigenvalue weighted by molar-refractivity contribution is 5.91. The van der Waals surface area contributed by atoms with E-state index in [0.29, 0.717) is 32.0 Å². The molecule has 4 rings (SSSR count). The van der Waals surface area contributed by atoms with Crippen molar-refractivity contribution in [2.24, 2.45) is 5.92 Å². The maximum absolute atomic E-state index is 12.7. The van der Waals surface area contributed by atoms with Gasteiger partial charge in [-0.1, -0.05) is 0 Å². The van der Waals surface area contributed by atoms with Crippen LogP contribution < -0.4 is 4.74 Å². The van der Waals surface area contributed by atoms with Gasteiger partial charge in [0.2, 0.25) is 0 Å². The second-order valence-electron chi connectivity index (χ2n) is 6.03. The molecule has 25 heavy (non-hydrogen) atoms. The fourth-order valence-corrected chi connectivity index (χ4v) is 3.00. The number of aromatic nitrogens is 3. The summed E-state index contributed by atoms with van der Waals surface area (Å²) in [5.41, 5.74) is 1.00. The van der Waals surface area contributed by atoms with E-state index in [0.717, 1.165) is 11.4 Å². The van der Waals surface area contributed by atoms with E-state index in [1.54, 1.807) is 35.6 Å². The predicted octanol–water partition coefficient (Wildman–Crippen LogP) is 2.22. The van der Waals surface area contributed by atoms with Crippen molar-refractivity contribution < 1.29 is 13.9 Å². The van der Waals surface area contributed by atoms with E-state index in [1.807, 2.05) is 22.9 Å². The van der Waals surface area contributed by atoms with Crippen molar-refractivity contribution in [1.82, 2.24) is 19.7 Å². The molecule has 1 atom stereocenters. The lowest BCUT2D eigenvalue weighted by molar-refractivity contribution is 0.0669. The molecule has 0 radical (unpaired) electrons. The molecule has 0 N–H and O–H groups in total. The zero-order valence-electron chi connectivity index (χ0n) is 13.6. The SMILES string of the molecule is O=C(c1ccco1)N1Cc2ccnn2C[C@H](COc2cccnc2)C1. The predicted molar refractivity (Wildman–Crippen MR) is 88.9 cm³/mol. The highest BCUT2D eigenvalue weighted by Crippen LogP contribution is 2.19. The van der Waals surface area contributed by atoms with E-state index in [2.05, 4.69) is 10.1 Å². The average Bonchev–Trinajstić information content (AvgIpc) is 3.29. The van der Waals surface area contributed by atoms with E-state index in [1.165, 1.54) is 6.26 Å². The third-order valence-electron chi connectivity index (χ3n) is 4.21. The molecule has 0 aliphatic carbocycles. The molecule has 0 aromatic carbocycles. The van der Waals surface area contributed by atoms with E-state index in [-0.39, 0.29) is 11.8 Å². The minimum atomic E-state index is -0.119. The van der Waals surface area contributed by atoms with Crippen LogP contribution in [0.3, 0.4) is 0 Å². The number of amides is 1. The molecule has 1 amide bonds. The Bertz CT molecular complexity index is 829. The van der Waals surface area contributed by atoms with Crippen LogP contribution >= 0.6 is 0 Å². The maximum Gasteiger partial charge on any atom is 0.289 e. The largest absolute Gasteiger partial charge is 0.492 e. The number of hydrogen-bond acceptors (Lipinski definition) is 5. The highest BCUT2D eigenvalue weighted by atomic mass is 16.5. The van der Waals surface area contributed by atoms with Gasteiger partial charge in [0.05, 0.1) is 31.3 Å².